The molecule has 0 saturated heterocycles. The molecular weight excluding hydrogens is 264 g/mol. The van der Waals surface area contributed by atoms with Crippen LogP contribution < -0.4 is 10.6 Å². The van der Waals surface area contributed by atoms with Crippen molar-refractivity contribution >= 4 is 22.6 Å². The van der Waals surface area contributed by atoms with Gasteiger partial charge in [0.1, 0.15) is 0 Å². The van der Waals surface area contributed by atoms with E-state index in [-0.39, 0.29) is 18.2 Å². The lowest BCUT2D eigenvalue weighted by Gasteiger charge is -2.06. The van der Waals surface area contributed by atoms with Gasteiger partial charge in [-0.05, 0) is 22.9 Å². The van der Waals surface area contributed by atoms with Crippen molar-refractivity contribution in [3.05, 3.63) is 60.7 Å². The highest BCUT2D eigenvalue weighted by atomic mass is 16.2. The quantitative estimate of drug-likeness (QED) is 0.798. The number of fused-ring (bicyclic) bond motifs is 1. The van der Waals surface area contributed by atoms with Gasteiger partial charge in [0.15, 0.2) is 0 Å². The van der Waals surface area contributed by atoms with Crippen LogP contribution in [-0.4, -0.2) is 24.9 Å². The molecule has 0 unspecified atom stereocenters. The number of carbonyl (C=O) groups excluding carboxylic acids is 2. The van der Waals surface area contributed by atoms with Crippen LogP contribution in [0.3, 0.4) is 0 Å². The fraction of sp³-hybridized carbons (Fsp3) is 0.176. The number of rotatable bonds is 6. The van der Waals surface area contributed by atoms with Gasteiger partial charge in [0, 0.05) is 25.1 Å². The summed E-state index contributed by atoms with van der Waals surface area (Å²) in [6.45, 7) is 4.28. The first-order valence-electron chi connectivity index (χ1n) is 6.85. The molecule has 2 amide bonds. The topological polar surface area (TPSA) is 58.2 Å². The lowest BCUT2D eigenvalue weighted by molar-refractivity contribution is -0.120. The Morgan fingerprint density at radius 3 is 2.57 bits per heavy atom. The first kappa shape index (κ1) is 14.8. The van der Waals surface area contributed by atoms with E-state index >= 15 is 0 Å². The Kier molecular flexibility index (Phi) is 5.10. The molecule has 0 aromatic heterocycles. The summed E-state index contributed by atoms with van der Waals surface area (Å²) in [5.41, 5.74) is 0.597. The maximum atomic E-state index is 12.0. The Morgan fingerprint density at radius 2 is 1.81 bits per heavy atom. The van der Waals surface area contributed by atoms with E-state index in [9.17, 15) is 9.59 Å². The molecule has 0 heterocycles. The van der Waals surface area contributed by atoms with Gasteiger partial charge in [-0.25, -0.2) is 0 Å². The van der Waals surface area contributed by atoms with Crippen LogP contribution in [0.1, 0.15) is 16.8 Å². The van der Waals surface area contributed by atoms with E-state index in [0.717, 1.165) is 10.8 Å². The van der Waals surface area contributed by atoms with E-state index in [0.29, 0.717) is 18.7 Å². The molecule has 0 aliphatic carbocycles. The zero-order valence-corrected chi connectivity index (χ0v) is 11.8. The first-order valence-corrected chi connectivity index (χ1v) is 6.85. The van der Waals surface area contributed by atoms with Gasteiger partial charge >= 0.3 is 0 Å². The van der Waals surface area contributed by atoms with E-state index in [1.54, 1.807) is 12.1 Å². The highest BCUT2D eigenvalue weighted by Crippen LogP contribution is 2.15. The predicted octanol–water partition coefficient (Wildman–Crippen LogP) is 2.26. The van der Waals surface area contributed by atoms with Gasteiger partial charge in [-0.3, -0.25) is 9.59 Å². The van der Waals surface area contributed by atoms with E-state index in [4.69, 9.17) is 0 Å². The number of carbonyl (C=O) groups is 2. The molecule has 0 bridgehead atoms. The molecular formula is C17H18N2O2. The molecule has 21 heavy (non-hydrogen) atoms. The van der Waals surface area contributed by atoms with Gasteiger partial charge < -0.3 is 10.6 Å². The average Bonchev–Trinajstić information content (AvgIpc) is 2.52. The largest absolute Gasteiger partial charge is 0.353 e. The molecule has 2 rings (SSSR count). The first-order chi connectivity index (χ1) is 10.2. The average molecular weight is 282 g/mol. The van der Waals surface area contributed by atoms with Crippen molar-refractivity contribution in [2.75, 3.05) is 13.1 Å². The second-order valence-electron chi connectivity index (χ2n) is 4.66. The molecule has 0 aliphatic heterocycles. The van der Waals surface area contributed by atoms with Gasteiger partial charge in [-0.15, -0.1) is 6.58 Å². The summed E-state index contributed by atoms with van der Waals surface area (Å²) < 4.78 is 0. The van der Waals surface area contributed by atoms with Crippen molar-refractivity contribution in [2.24, 2.45) is 0 Å². The molecule has 4 nitrogen and oxygen atoms in total. The summed E-state index contributed by atoms with van der Waals surface area (Å²) in [4.78, 5) is 23.4. The standard InChI is InChI=1S/C17H18N2O2/c1-2-10-18-16(20)9-11-19-17(21)15-8-7-13-5-3-4-6-14(13)12-15/h2-8,12H,1,9-11H2,(H,18,20)(H,19,21). The summed E-state index contributed by atoms with van der Waals surface area (Å²) in [5, 5.41) is 7.52. The van der Waals surface area contributed by atoms with Crippen LogP contribution in [0.4, 0.5) is 0 Å². The minimum Gasteiger partial charge on any atom is -0.353 e. The number of hydrogen-bond donors (Lipinski definition) is 2. The second kappa shape index (κ2) is 7.24. The van der Waals surface area contributed by atoms with E-state index in [2.05, 4.69) is 17.2 Å². The lowest BCUT2D eigenvalue weighted by Crippen LogP contribution is -2.30. The number of hydrogen-bond acceptors (Lipinski definition) is 2. The second-order valence-corrected chi connectivity index (χ2v) is 4.66. The molecule has 108 valence electrons. The predicted molar refractivity (Wildman–Crippen MR) is 84.1 cm³/mol. The van der Waals surface area contributed by atoms with Crippen molar-refractivity contribution in [3.63, 3.8) is 0 Å². The summed E-state index contributed by atoms with van der Waals surface area (Å²) in [6.07, 6.45) is 1.87. The summed E-state index contributed by atoms with van der Waals surface area (Å²) in [7, 11) is 0. The fourth-order valence-electron chi connectivity index (χ4n) is 2.00. The summed E-state index contributed by atoms with van der Waals surface area (Å²) in [5.74, 6) is -0.272. The van der Waals surface area contributed by atoms with Gasteiger partial charge in [0.25, 0.3) is 5.91 Å². The van der Waals surface area contributed by atoms with Gasteiger partial charge in [-0.2, -0.15) is 0 Å². The van der Waals surface area contributed by atoms with Crippen molar-refractivity contribution < 1.29 is 9.59 Å². The summed E-state index contributed by atoms with van der Waals surface area (Å²) >= 11 is 0. The Morgan fingerprint density at radius 1 is 1.05 bits per heavy atom. The molecule has 4 heteroatoms. The molecule has 2 N–H and O–H groups in total. The van der Waals surface area contributed by atoms with Crippen LogP contribution >= 0.6 is 0 Å². The van der Waals surface area contributed by atoms with Crippen molar-refractivity contribution in [1.29, 1.82) is 0 Å². The van der Waals surface area contributed by atoms with E-state index < -0.39 is 0 Å². The fourth-order valence-corrected chi connectivity index (χ4v) is 2.00. The van der Waals surface area contributed by atoms with Crippen LogP contribution in [-0.2, 0) is 4.79 Å². The van der Waals surface area contributed by atoms with Crippen LogP contribution in [0.2, 0.25) is 0 Å². The maximum absolute atomic E-state index is 12.0. The third kappa shape index (κ3) is 4.18. The van der Waals surface area contributed by atoms with Crippen molar-refractivity contribution in [2.45, 2.75) is 6.42 Å². The smallest absolute Gasteiger partial charge is 0.251 e. The van der Waals surface area contributed by atoms with E-state index in [1.807, 2.05) is 36.4 Å². The van der Waals surface area contributed by atoms with Crippen LogP contribution in [0, 0.1) is 0 Å². The minimum atomic E-state index is -0.169. The van der Waals surface area contributed by atoms with E-state index in [1.165, 1.54) is 0 Å². The monoisotopic (exact) mass is 282 g/mol. The molecule has 0 fully saturated rings. The zero-order valence-electron chi connectivity index (χ0n) is 11.8. The number of nitrogens with one attached hydrogen (secondary N) is 2. The molecule has 0 saturated carbocycles. The Hall–Kier alpha value is -2.62. The Bertz CT molecular complexity index is 665. The third-order valence-electron chi connectivity index (χ3n) is 3.09. The van der Waals surface area contributed by atoms with Crippen LogP contribution in [0.5, 0.6) is 0 Å². The third-order valence-corrected chi connectivity index (χ3v) is 3.09. The number of benzene rings is 2. The Labute approximate surface area is 123 Å². The maximum Gasteiger partial charge on any atom is 0.251 e. The Balaban J connectivity index is 1.90. The van der Waals surface area contributed by atoms with Crippen molar-refractivity contribution in [3.8, 4) is 0 Å². The zero-order chi connectivity index (χ0) is 15.1. The highest BCUT2D eigenvalue weighted by molar-refractivity contribution is 5.98. The minimum absolute atomic E-state index is 0.103. The molecule has 2 aromatic carbocycles. The van der Waals surface area contributed by atoms with Gasteiger partial charge in [0.05, 0.1) is 0 Å². The molecule has 2 aromatic rings. The van der Waals surface area contributed by atoms with Crippen molar-refractivity contribution in [1.82, 2.24) is 10.6 Å². The normalized spacial score (nSPS) is 10.1. The summed E-state index contributed by atoms with van der Waals surface area (Å²) in [6, 6.07) is 13.4. The highest BCUT2D eigenvalue weighted by Gasteiger charge is 2.07. The van der Waals surface area contributed by atoms with Crippen LogP contribution in [0.25, 0.3) is 10.8 Å². The van der Waals surface area contributed by atoms with Gasteiger partial charge in [-0.1, -0.05) is 36.4 Å². The number of amides is 2. The molecule has 0 atom stereocenters. The molecule has 0 aliphatic rings. The SMILES string of the molecule is C=CCNC(=O)CCNC(=O)c1ccc2ccccc2c1. The molecule has 0 spiro atoms. The van der Waals surface area contributed by atoms with Crippen LogP contribution in [0.15, 0.2) is 55.1 Å². The lowest BCUT2D eigenvalue weighted by atomic mass is 10.1. The molecule has 0 radical (unpaired) electrons. The van der Waals surface area contributed by atoms with Gasteiger partial charge in [0.2, 0.25) is 5.91 Å².